The fraction of sp³-hybridized carbons (Fsp3) is 0.385. The quantitative estimate of drug-likeness (QED) is 0.615. The average Bonchev–Trinajstić information content (AvgIpc) is 3.08. The number of carbonyl (C=O) groups excluding carboxylic acids is 2. The van der Waals surface area contributed by atoms with Crippen LogP contribution in [0.1, 0.15) is 50.2 Å². The Hall–Kier alpha value is -3.08. The standard InChI is InChI=1S/C26H30N2O3/c1-3-27(18-19-10-6-4-7-11-19)24-23(20-14-16-22(31-2)17-15-20)25(29)28(26(24)30)21-12-8-5-9-13-21/h4,6-7,10-11,14-17,21H,3,5,8-9,12-13,18H2,1-2H3. The maximum atomic E-state index is 13.7. The third kappa shape index (κ3) is 4.22. The van der Waals surface area contributed by atoms with Crippen LogP contribution >= 0.6 is 0 Å². The summed E-state index contributed by atoms with van der Waals surface area (Å²) < 4.78 is 5.28. The summed E-state index contributed by atoms with van der Waals surface area (Å²) in [5.74, 6) is 0.410. The molecule has 0 atom stereocenters. The van der Waals surface area contributed by atoms with Gasteiger partial charge < -0.3 is 9.64 Å². The van der Waals surface area contributed by atoms with Crippen LogP contribution in [0.5, 0.6) is 5.75 Å². The second-order valence-corrected chi connectivity index (χ2v) is 8.22. The fourth-order valence-corrected chi connectivity index (χ4v) is 4.67. The summed E-state index contributed by atoms with van der Waals surface area (Å²) in [6.45, 7) is 3.26. The number of rotatable bonds is 7. The molecule has 0 unspecified atom stereocenters. The number of methoxy groups -OCH3 is 1. The highest BCUT2D eigenvalue weighted by molar-refractivity contribution is 6.35. The van der Waals surface area contributed by atoms with E-state index in [0.717, 1.165) is 42.6 Å². The summed E-state index contributed by atoms with van der Waals surface area (Å²) in [5.41, 5.74) is 2.91. The van der Waals surface area contributed by atoms with E-state index in [9.17, 15) is 9.59 Å². The van der Waals surface area contributed by atoms with Crippen LogP contribution in [0.4, 0.5) is 0 Å². The molecule has 4 rings (SSSR count). The molecule has 1 saturated carbocycles. The minimum atomic E-state index is -0.163. The second kappa shape index (κ2) is 9.38. The highest BCUT2D eigenvalue weighted by atomic mass is 16.5. The van der Waals surface area contributed by atoms with Crippen molar-refractivity contribution in [1.29, 1.82) is 0 Å². The Morgan fingerprint density at radius 1 is 0.935 bits per heavy atom. The molecule has 5 nitrogen and oxygen atoms in total. The van der Waals surface area contributed by atoms with Crippen molar-refractivity contribution in [2.75, 3.05) is 13.7 Å². The number of carbonyl (C=O) groups is 2. The molecule has 0 aromatic heterocycles. The smallest absolute Gasteiger partial charge is 0.278 e. The van der Waals surface area contributed by atoms with E-state index in [1.165, 1.54) is 6.42 Å². The van der Waals surface area contributed by atoms with E-state index >= 15 is 0 Å². The number of ether oxygens (including phenoxy) is 1. The lowest BCUT2D eigenvalue weighted by atomic mass is 9.94. The van der Waals surface area contributed by atoms with E-state index in [4.69, 9.17) is 4.74 Å². The van der Waals surface area contributed by atoms with Gasteiger partial charge in [-0.1, -0.05) is 61.7 Å². The SMILES string of the molecule is CCN(Cc1ccccc1)C1=C(c2ccc(OC)cc2)C(=O)N(C2CCCCC2)C1=O. The van der Waals surface area contributed by atoms with Gasteiger partial charge in [-0.15, -0.1) is 0 Å². The first kappa shape index (κ1) is 21.2. The van der Waals surface area contributed by atoms with Crippen molar-refractivity contribution >= 4 is 17.4 Å². The van der Waals surface area contributed by atoms with Gasteiger partial charge in [-0.2, -0.15) is 0 Å². The second-order valence-electron chi connectivity index (χ2n) is 8.22. The largest absolute Gasteiger partial charge is 0.497 e. The first-order chi connectivity index (χ1) is 15.1. The summed E-state index contributed by atoms with van der Waals surface area (Å²) in [5, 5.41) is 0. The number of imide groups is 1. The Bertz CT molecular complexity index is 960. The molecule has 2 amide bonds. The molecular weight excluding hydrogens is 388 g/mol. The van der Waals surface area contributed by atoms with Gasteiger partial charge in [0.25, 0.3) is 11.8 Å². The predicted molar refractivity (Wildman–Crippen MR) is 121 cm³/mol. The minimum absolute atomic E-state index is 0.00469. The van der Waals surface area contributed by atoms with E-state index in [2.05, 4.69) is 12.1 Å². The maximum Gasteiger partial charge on any atom is 0.278 e. The molecule has 2 aromatic rings. The molecule has 5 heteroatoms. The number of amides is 2. The van der Waals surface area contributed by atoms with E-state index < -0.39 is 0 Å². The van der Waals surface area contributed by atoms with Crippen molar-refractivity contribution in [2.45, 2.75) is 51.6 Å². The van der Waals surface area contributed by atoms with Crippen LogP contribution in [0, 0.1) is 0 Å². The van der Waals surface area contributed by atoms with E-state index in [0.29, 0.717) is 24.4 Å². The molecule has 2 aromatic carbocycles. The molecule has 1 aliphatic heterocycles. The summed E-state index contributed by atoms with van der Waals surface area (Å²) in [6, 6.07) is 17.5. The lowest BCUT2D eigenvalue weighted by Crippen LogP contribution is -2.43. The predicted octanol–water partition coefficient (Wildman–Crippen LogP) is 4.63. The summed E-state index contributed by atoms with van der Waals surface area (Å²) in [4.78, 5) is 30.9. The van der Waals surface area contributed by atoms with Crippen LogP contribution < -0.4 is 4.74 Å². The third-order valence-electron chi connectivity index (χ3n) is 6.32. The zero-order chi connectivity index (χ0) is 21.8. The van der Waals surface area contributed by atoms with Crippen LogP contribution in [0.3, 0.4) is 0 Å². The Morgan fingerprint density at radius 2 is 1.61 bits per heavy atom. The van der Waals surface area contributed by atoms with Crippen LogP contribution in [0.25, 0.3) is 5.57 Å². The van der Waals surface area contributed by atoms with E-state index in [1.54, 1.807) is 12.0 Å². The average molecular weight is 419 g/mol. The molecule has 0 radical (unpaired) electrons. The first-order valence-corrected chi connectivity index (χ1v) is 11.2. The zero-order valence-electron chi connectivity index (χ0n) is 18.3. The Kier molecular flexibility index (Phi) is 6.40. The Labute approximate surface area is 184 Å². The van der Waals surface area contributed by atoms with E-state index in [1.807, 2.05) is 54.3 Å². The molecule has 162 valence electrons. The summed E-state index contributed by atoms with van der Waals surface area (Å²) in [6.07, 6.45) is 5.09. The van der Waals surface area contributed by atoms with Gasteiger partial charge in [0.1, 0.15) is 11.4 Å². The van der Waals surface area contributed by atoms with Crippen molar-refractivity contribution in [1.82, 2.24) is 9.80 Å². The number of benzene rings is 2. The van der Waals surface area contributed by atoms with Gasteiger partial charge in [-0.25, -0.2) is 0 Å². The number of nitrogens with zero attached hydrogens (tertiary/aromatic N) is 2. The molecule has 0 saturated heterocycles. The fourth-order valence-electron chi connectivity index (χ4n) is 4.67. The normalized spacial score (nSPS) is 17.4. The van der Waals surface area contributed by atoms with Gasteiger partial charge in [-0.3, -0.25) is 14.5 Å². The molecule has 31 heavy (non-hydrogen) atoms. The van der Waals surface area contributed by atoms with Gasteiger partial charge in [0.15, 0.2) is 0 Å². The van der Waals surface area contributed by atoms with Crippen LogP contribution in [-0.4, -0.2) is 41.3 Å². The minimum Gasteiger partial charge on any atom is -0.497 e. The molecule has 0 N–H and O–H groups in total. The molecule has 0 spiro atoms. The first-order valence-electron chi connectivity index (χ1n) is 11.2. The highest BCUT2D eigenvalue weighted by Crippen LogP contribution is 2.37. The Morgan fingerprint density at radius 3 is 2.23 bits per heavy atom. The maximum absolute atomic E-state index is 13.7. The van der Waals surface area contributed by atoms with Crippen molar-refractivity contribution in [2.24, 2.45) is 0 Å². The molecule has 2 aliphatic rings. The van der Waals surface area contributed by atoms with Gasteiger partial charge in [0.2, 0.25) is 0 Å². The van der Waals surface area contributed by atoms with Crippen LogP contribution in [0.2, 0.25) is 0 Å². The summed E-state index contributed by atoms with van der Waals surface area (Å²) in [7, 11) is 1.62. The number of hydrogen-bond acceptors (Lipinski definition) is 4. The van der Waals surface area contributed by atoms with Crippen LogP contribution in [0.15, 0.2) is 60.3 Å². The summed E-state index contributed by atoms with van der Waals surface area (Å²) >= 11 is 0. The highest BCUT2D eigenvalue weighted by Gasteiger charge is 2.44. The zero-order valence-corrected chi connectivity index (χ0v) is 18.3. The van der Waals surface area contributed by atoms with Gasteiger partial charge in [0, 0.05) is 19.1 Å². The number of likely N-dealkylation sites (N-methyl/N-ethyl adjacent to an activating group) is 1. The molecule has 1 aliphatic carbocycles. The van der Waals surface area contributed by atoms with Gasteiger partial charge in [0.05, 0.1) is 12.7 Å². The van der Waals surface area contributed by atoms with Gasteiger partial charge in [-0.05, 0) is 43.0 Å². The molecule has 1 heterocycles. The van der Waals surface area contributed by atoms with Crippen LogP contribution in [-0.2, 0) is 16.1 Å². The van der Waals surface area contributed by atoms with Gasteiger partial charge >= 0.3 is 0 Å². The lowest BCUT2D eigenvalue weighted by molar-refractivity contribution is -0.141. The van der Waals surface area contributed by atoms with Crippen molar-refractivity contribution in [3.63, 3.8) is 0 Å². The molecular formula is C26H30N2O3. The van der Waals surface area contributed by atoms with E-state index in [-0.39, 0.29) is 17.9 Å². The van der Waals surface area contributed by atoms with Crippen molar-refractivity contribution in [3.8, 4) is 5.75 Å². The third-order valence-corrected chi connectivity index (χ3v) is 6.32. The lowest BCUT2D eigenvalue weighted by Gasteiger charge is -2.31. The van der Waals surface area contributed by atoms with Crippen molar-refractivity contribution in [3.05, 3.63) is 71.4 Å². The molecule has 0 bridgehead atoms. The number of hydrogen-bond donors (Lipinski definition) is 0. The van der Waals surface area contributed by atoms with Crippen molar-refractivity contribution < 1.29 is 14.3 Å². The molecule has 1 fully saturated rings. The topological polar surface area (TPSA) is 49.9 Å². The monoisotopic (exact) mass is 418 g/mol. The Balaban J connectivity index is 1.76.